The first-order chi connectivity index (χ1) is 19.5. The van der Waals surface area contributed by atoms with Crippen LogP contribution in [0.1, 0.15) is 30.7 Å². The lowest BCUT2D eigenvalue weighted by Gasteiger charge is -2.43. The number of nitrogens with one attached hydrogen (secondary N) is 1. The van der Waals surface area contributed by atoms with Crippen LogP contribution in [-0.4, -0.2) is 66.5 Å². The third-order valence-corrected chi connectivity index (χ3v) is 8.53. The number of hydrogen-bond acceptors (Lipinski definition) is 5. The first kappa shape index (κ1) is 25.9. The summed E-state index contributed by atoms with van der Waals surface area (Å²) < 4.78 is 5.18. The Bertz CT molecular complexity index is 1370. The molecule has 2 saturated heterocycles. The number of para-hydroxylation sites is 1. The molecule has 2 atom stereocenters. The van der Waals surface area contributed by atoms with Crippen LogP contribution in [0.2, 0.25) is 0 Å². The van der Waals surface area contributed by atoms with E-state index in [1.54, 1.807) is 36.3 Å². The summed E-state index contributed by atoms with van der Waals surface area (Å²) in [5.74, 6) is 0.905. The number of carbonyl (C=O) groups is 3. The van der Waals surface area contributed by atoms with Crippen molar-refractivity contribution in [2.24, 2.45) is 5.92 Å². The molecule has 1 spiro atoms. The van der Waals surface area contributed by atoms with Crippen molar-refractivity contribution in [3.63, 3.8) is 0 Å². The van der Waals surface area contributed by atoms with Crippen molar-refractivity contribution in [3.8, 4) is 5.75 Å². The SMILES string of the molecule is COc1ccc(NC(=O)CN2CN(c3ccccc3)C3(CCN(C(=O)C4CC4c4ccccc4)CC3)C2=O)cc1. The third kappa shape index (κ3) is 4.90. The molecular formula is C32H34N4O4. The maximum absolute atomic E-state index is 14.0. The van der Waals surface area contributed by atoms with Gasteiger partial charge in [0, 0.05) is 30.4 Å². The van der Waals surface area contributed by atoms with Gasteiger partial charge in [-0.15, -0.1) is 0 Å². The molecule has 3 aromatic carbocycles. The van der Waals surface area contributed by atoms with Crippen molar-refractivity contribution in [1.29, 1.82) is 0 Å². The molecule has 3 aromatic rings. The number of rotatable bonds is 7. The number of ether oxygens (including phenoxy) is 1. The van der Waals surface area contributed by atoms with E-state index >= 15 is 0 Å². The quantitative estimate of drug-likeness (QED) is 0.490. The number of likely N-dealkylation sites (tertiary alicyclic amines) is 1. The summed E-state index contributed by atoms with van der Waals surface area (Å²) in [7, 11) is 1.59. The molecule has 6 rings (SSSR count). The molecule has 3 aliphatic rings. The minimum absolute atomic E-state index is 0.0269. The monoisotopic (exact) mass is 538 g/mol. The topological polar surface area (TPSA) is 82.2 Å². The molecule has 8 nitrogen and oxygen atoms in total. The number of hydrogen-bond donors (Lipinski definition) is 1. The Hall–Kier alpha value is -4.33. The Kier molecular flexibility index (Phi) is 6.92. The van der Waals surface area contributed by atoms with Gasteiger partial charge in [0.15, 0.2) is 0 Å². The van der Waals surface area contributed by atoms with Crippen molar-refractivity contribution < 1.29 is 19.1 Å². The lowest BCUT2D eigenvalue weighted by atomic mass is 9.85. The van der Waals surface area contributed by atoms with Gasteiger partial charge in [-0.2, -0.15) is 0 Å². The molecule has 1 N–H and O–H groups in total. The van der Waals surface area contributed by atoms with E-state index in [9.17, 15) is 14.4 Å². The largest absolute Gasteiger partial charge is 0.497 e. The van der Waals surface area contributed by atoms with Gasteiger partial charge in [-0.1, -0.05) is 48.5 Å². The normalized spacial score (nSPS) is 21.4. The number of anilines is 2. The van der Waals surface area contributed by atoms with E-state index in [1.807, 2.05) is 53.4 Å². The van der Waals surface area contributed by atoms with Crippen molar-refractivity contribution in [3.05, 3.63) is 90.5 Å². The maximum Gasteiger partial charge on any atom is 0.250 e. The van der Waals surface area contributed by atoms with Crippen molar-refractivity contribution in [1.82, 2.24) is 9.80 Å². The van der Waals surface area contributed by atoms with Crippen molar-refractivity contribution >= 4 is 29.1 Å². The van der Waals surface area contributed by atoms with E-state index < -0.39 is 5.54 Å². The number of benzene rings is 3. The van der Waals surface area contributed by atoms with Crippen LogP contribution in [0, 0.1) is 5.92 Å². The fourth-order valence-electron chi connectivity index (χ4n) is 6.24. The summed E-state index contributed by atoms with van der Waals surface area (Å²) in [6.45, 7) is 1.33. The molecular weight excluding hydrogens is 504 g/mol. The van der Waals surface area contributed by atoms with Crippen LogP contribution in [0.15, 0.2) is 84.9 Å². The van der Waals surface area contributed by atoms with Crippen LogP contribution < -0.4 is 15.0 Å². The molecule has 0 bridgehead atoms. The van der Waals surface area contributed by atoms with Crippen molar-refractivity contribution in [2.45, 2.75) is 30.7 Å². The number of methoxy groups -OCH3 is 1. The van der Waals surface area contributed by atoms with Gasteiger partial charge in [0.05, 0.1) is 13.8 Å². The van der Waals surface area contributed by atoms with Gasteiger partial charge < -0.3 is 24.8 Å². The minimum Gasteiger partial charge on any atom is -0.497 e. The first-order valence-electron chi connectivity index (χ1n) is 13.9. The Morgan fingerprint density at radius 3 is 2.23 bits per heavy atom. The van der Waals surface area contributed by atoms with E-state index in [0.717, 1.165) is 12.1 Å². The third-order valence-electron chi connectivity index (χ3n) is 8.53. The standard InChI is InChI=1S/C32H34N4O4/c1-40-26-14-12-24(13-15-26)33-29(37)21-35-22-36(25-10-6-3-7-11-25)32(31(35)39)16-18-34(19-17-32)30(38)28-20-27(28)23-8-4-2-5-9-23/h2-15,27-28H,16-22H2,1H3,(H,33,37). The van der Waals surface area contributed by atoms with Crippen LogP contribution >= 0.6 is 0 Å². The highest BCUT2D eigenvalue weighted by atomic mass is 16.5. The molecule has 3 fully saturated rings. The molecule has 1 saturated carbocycles. The predicted molar refractivity (Wildman–Crippen MR) is 153 cm³/mol. The van der Waals surface area contributed by atoms with Crippen LogP contribution in [-0.2, 0) is 14.4 Å². The number of amides is 3. The van der Waals surface area contributed by atoms with Crippen LogP contribution in [0.3, 0.4) is 0 Å². The Morgan fingerprint density at radius 2 is 1.57 bits per heavy atom. The molecule has 40 heavy (non-hydrogen) atoms. The smallest absolute Gasteiger partial charge is 0.250 e. The van der Waals surface area contributed by atoms with E-state index in [-0.39, 0.29) is 30.2 Å². The summed E-state index contributed by atoms with van der Waals surface area (Å²) in [6, 6.07) is 27.2. The predicted octanol–water partition coefficient (Wildman–Crippen LogP) is 4.10. The lowest BCUT2D eigenvalue weighted by molar-refractivity contribution is -0.140. The lowest BCUT2D eigenvalue weighted by Crippen LogP contribution is -2.57. The van der Waals surface area contributed by atoms with Crippen molar-refractivity contribution in [2.75, 3.05) is 43.6 Å². The molecule has 3 amide bonds. The van der Waals surface area contributed by atoms with Gasteiger partial charge in [-0.3, -0.25) is 14.4 Å². The van der Waals surface area contributed by atoms with Crippen LogP contribution in [0.25, 0.3) is 0 Å². The second-order valence-corrected chi connectivity index (χ2v) is 10.9. The van der Waals surface area contributed by atoms with Gasteiger partial charge in [0.1, 0.15) is 17.8 Å². The average molecular weight is 539 g/mol. The van der Waals surface area contributed by atoms with E-state index in [0.29, 0.717) is 50.0 Å². The highest BCUT2D eigenvalue weighted by molar-refractivity contribution is 5.99. The zero-order chi connectivity index (χ0) is 27.7. The number of nitrogens with zero attached hydrogens (tertiary/aromatic N) is 3. The van der Waals surface area contributed by atoms with Crippen LogP contribution in [0.5, 0.6) is 5.75 Å². The zero-order valence-electron chi connectivity index (χ0n) is 22.7. The highest BCUT2D eigenvalue weighted by Gasteiger charge is 2.55. The first-order valence-corrected chi connectivity index (χ1v) is 13.9. The van der Waals surface area contributed by atoms with E-state index in [4.69, 9.17) is 4.74 Å². The summed E-state index contributed by atoms with van der Waals surface area (Å²) in [5, 5.41) is 2.89. The van der Waals surface area contributed by atoms with Gasteiger partial charge in [-0.05, 0) is 67.1 Å². The van der Waals surface area contributed by atoms with Gasteiger partial charge >= 0.3 is 0 Å². The maximum atomic E-state index is 14.0. The second kappa shape index (κ2) is 10.7. The summed E-state index contributed by atoms with van der Waals surface area (Å²) >= 11 is 0. The molecule has 0 radical (unpaired) electrons. The molecule has 2 heterocycles. The van der Waals surface area contributed by atoms with Crippen LogP contribution in [0.4, 0.5) is 11.4 Å². The Morgan fingerprint density at radius 1 is 0.925 bits per heavy atom. The number of carbonyl (C=O) groups excluding carboxylic acids is 3. The fraction of sp³-hybridized carbons (Fsp3) is 0.344. The molecule has 2 aliphatic heterocycles. The van der Waals surface area contributed by atoms with E-state index in [1.165, 1.54) is 5.56 Å². The minimum atomic E-state index is -0.777. The van der Waals surface area contributed by atoms with Gasteiger partial charge in [0.2, 0.25) is 11.8 Å². The van der Waals surface area contributed by atoms with Gasteiger partial charge in [-0.25, -0.2) is 0 Å². The highest BCUT2D eigenvalue weighted by Crippen LogP contribution is 2.49. The van der Waals surface area contributed by atoms with Gasteiger partial charge in [0.25, 0.3) is 5.91 Å². The fourth-order valence-corrected chi connectivity index (χ4v) is 6.24. The average Bonchev–Trinajstić information content (AvgIpc) is 3.76. The zero-order valence-corrected chi connectivity index (χ0v) is 22.7. The second-order valence-electron chi connectivity index (χ2n) is 10.9. The summed E-state index contributed by atoms with van der Waals surface area (Å²) in [5.41, 5.74) is 2.04. The van der Waals surface area contributed by atoms with E-state index in [2.05, 4.69) is 22.3 Å². The number of piperidine rings is 1. The Balaban J connectivity index is 1.14. The summed E-state index contributed by atoms with van der Waals surface area (Å²) in [6.07, 6.45) is 1.95. The molecule has 206 valence electrons. The molecule has 1 aliphatic carbocycles. The summed E-state index contributed by atoms with van der Waals surface area (Å²) in [4.78, 5) is 46.0. The molecule has 2 unspecified atom stereocenters. The molecule has 0 aromatic heterocycles. The molecule has 8 heteroatoms. The Labute approximate surface area is 234 Å².